The number of fused-ring (bicyclic) bond motifs is 3. The van der Waals surface area contributed by atoms with Gasteiger partial charge >= 0.3 is 5.97 Å². The Balaban J connectivity index is 1.82. The molecule has 148 valence electrons. The van der Waals surface area contributed by atoms with Crippen LogP contribution in [0, 0.1) is 11.3 Å². The minimum absolute atomic E-state index is 0.0792. The van der Waals surface area contributed by atoms with Crippen LogP contribution in [0.2, 0.25) is 0 Å². The van der Waals surface area contributed by atoms with E-state index in [1.165, 1.54) is 13.4 Å². The average molecular weight is 386 g/mol. The third-order valence-electron chi connectivity index (χ3n) is 7.41. The van der Waals surface area contributed by atoms with Crippen molar-refractivity contribution in [3.05, 3.63) is 34.3 Å². The van der Waals surface area contributed by atoms with E-state index in [0.29, 0.717) is 29.6 Å². The quantitative estimate of drug-likeness (QED) is 0.775. The smallest absolute Gasteiger partial charge is 0.342 e. The Hall–Kier alpha value is -2.25. The summed E-state index contributed by atoms with van der Waals surface area (Å²) >= 11 is 0. The summed E-state index contributed by atoms with van der Waals surface area (Å²) in [6, 6.07) is 0. The zero-order chi connectivity index (χ0) is 20.0. The predicted octanol–water partition coefficient (Wildman–Crippen LogP) is 1.97. The minimum atomic E-state index is -0.987. The van der Waals surface area contributed by atoms with Crippen LogP contribution < -0.4 is 0 Å². The highest BCUT2D eigenvalue weighted by Gasteiger charge is 2.63. The van der Waals surface area contributed by atoms with Crippen molar-refractivity contribution in [3.8, 4) is 0 Å². The van der Waals surface area contributed by atoms with Gasteiger partial charge in [-0.2, -0.15) is 0 Å². The van der Waals surface area contributed by atoms with Crippen LogP contribution in [-0.4, -0.2) is 48.6 Å². The van der Waals surface area contributed by atoms with Gasteiger partial charge in [-0.1, -0.05) is 6.92 Å². The number of rotatable bonds is 2. The molecule has 5 rings (SSSR count). The lowest BCUT2D eigenvalue weighted by atomic mass is 9.54. The second-order valence-corrected chi connectivity index (χ2v) is 8.71. The summed E-state index contributed by atoms with van der Waals surface area (Å²) in [6.07, 6.45) is 0.786. The summed E-state index contributed by atoms with van der Waals surface area (Å²) < 4.78 is 16.5. The van der Waals surface area contributed by atoms with Crippen LogP contribution in [0.1, 0.15) is 59.6 Å². The molecule has 3 aliphatic carbocycles. The maximum absolute atomic E-state index is 13.4. The second kappa shape index (κ2) is 5.42. The molecule has 7 nitrogen and oxygen atoms in total. The first kappa shape index (κ1) is 17.8. The predicted molar refractivity (Wildman–Crippen MR) is 95.0 cm³/mol. The van der Waals surface area contributed by atoms with Crippen LogP contribution in [-0.2, 0) is 19.7 Å². The highest BCUT2D eigenvalue weighted by Crippen LogP contribution is 2.60. The van der Waals surface area contributed by atoms with Crippen LogP contribution in [0.25, 0.3) is 0 Å². The Morgan fingerprint density at radius 1 is 1.29 bits per heavy atom. The van der Waals surface area contributed by atoms with Crippen molar-refractivity contribution < 1.29 is 33.4 Å². The number of hydrogen-bond acceptors (Lipinski definition) is 7. The standard InChI is InChI=1S/C21H22O7/c1-20-6-11(22)16-14(10(20)4-5-12(20)23)17(24)18-15-9(7-27-18)19(25)28-13(8-26-3)21(15,16)2/h7,10-11,13,22H,4-6,8H2,1-3H3/t10-,11+,13-,20+,21+/m0/s1. The van der Waals surface area contributed by atoms with Gasteiger partial charge in [-0.15, -0.1) is 0 Å². The first-order valence-electron chi connectivity index (χ1n) is 9.57. The molecule has 5 atom stereocenters. The molecule has 1 aromatic rings. The zero-order valence-corrected chi connectivity index (χ0v) is 16.0. The molecule has 0 radical (unpaired) electrons. The summed E-state index contributed by atoms with van der Waals surface area (Å²) in [5.74, 6) is -0.970. The molecule has 1 aromatic heterocycles. The third-order valence-corrected chi connectivity index (χ3v) is 7.41. The average Bonchev–Trinajstić information content (AvgIpc) is 3.21. The largest absolute Gasteiger partial charge is 0.460 e. The Morgan fingerprint density at radius 2 is 2.04 bits per heavy atom. The lowest BCUT2D eigenvalue weighted by Crippen LogP contribution is -2.56. The molecule has 0 saturated heterocycles. The maximum Gasteiger partial charge on any atom is 0.342 e. The molecular formula is C21H22O7. The van der Waals surface area contributed by atoms with Crippen molar-refractivity contribution in [2.24, 2.45) is 11.3 Å². The molecule has 0 amide bonds. The molecule has 1 saturated carbocycles. The molecule has 0 bridgehead atoms. The van der Waals surface area contributed by atoms with E-state index < -0.39 is 29.0 Å². The van der Waals surface area contributed by atoms with Gasteiger partial charge in [-0.3, -0.25) is 9.59 Å². The van der Waals surface area contributed by atoms with Crippen molar-refractivity contribution in [1.82, 2.24) is 0 Å². The molecule has 7 heteroatoms. The normalized spacial score (nSPS) is 38.9. The number of methoxy groups -OCH3 is 1. The third kappa shape index (κ3) is 1.84. The SMILES string of the molecule is COC[C@@H]1OC(=O)c2coc3c2[C@]1(C)C1=C(C3=O)[C@@H]2CCC(=O)[C@]2(C)C[C@H]1O. The van der Waals surface area contributed by atoms with Crippen LogP contribution in [0.15, 0.2) is 21.8 Å². The number of furan rings is 1. The molecule has 0 unspecified atom stereocenters. The van der Waals surface area contributed by atoms with Gasteiger partial charge < -0.3 is 19.0 Å². The number of cyclic esters (lactones) is 1. The number of ketones is 2. The zero-order valence-electron chi connectivity index (χ0n) is 16.0. The van der Waals surface area contributed by atoms with Gasteiger partial charge in [0.2, 0.25) is 5.78 Å². The van der Waals surface area contributed by atoms with Crippen LogP contribution in [0.3, 0.4) is 0 Å². The van der Waals surface area contributed by atoms with Gasteiger partial charge in [0.1, 0.15) is 23.7 Å². The molecule has 28 heavy (non-hydrogen) atoms. The molecule has 0 spiro atoms. The van der Waals surface area contributed by atoms with E-state index in [1.807, 2.05) is 13.8 Å². The fourth-order valence-corrected chi connectivity index (χ4v) is 6.02. The van der Waals surface area contributed by atoms with Crippen molar-refractivity contribution in [2.45, 2.75) is 50.7 Å². The number of carbonyl (C=O) groups is 3. The van der Waals surface area contributed by atoms with Crippen molar-refractivity contribution in [1.29, 1.82) is 0 Å². The summed E-state index contributed by atoms with van der Waals surface area (Å²) in [4.78, 5) is 38.5. The topological polar surface area (TPSA) is 103 Å². The fourth-order valence-electron chi connectivity index (χ4n) is 6.02. The van der Waals surface area contributed by atoms with E-state index in [-0.39, 0.29) is 41.8 Å². The summed E-state index contributed by atoms with van der Waals surface area (Å²) in [5, 5.41) is 11.2. The van der Waals surface area contributed by atoms with Gasteiger partial charge in [0.05, 0.1) is 18.1 Å². The Kier molecular flexibility index (Phi) is 3.45. The van der Waals surface area contributed by atoms with E-state index in [0.717, 1.165) is 0 Å². The Morgan fingerprint density at radius 3 is 2.75 bits per heavy atom. The monoisotopic (exact) mass is 386 g/mol. The van der Waals surface area contributed by atoms with Crippen LogP contribution in [0.5, 0.6) is 0 Å². The number of aliphatic hydroxyl groups excluding tert-OH is 1. The summed E-state index contributed by atoms with van der Waals surface area (Å²) in [6.45, 7) is 3.82. The number of carbonyl (C=O) groups excluding carboxylic acids is 3. The number of esters is 1. The molecule has 0 aromatic carbocycles. The Bertz CT molecular complexity index is 969. The van der Waals surface area contributed by atoms with Gasteiger partial charge in [0, 0.05) is 36.0 Å². The molecule has 2 heterocycles. The molecule has 4 aliphatic rings. The van der Waals surface area contributed by atoms with Gasteiger partial charge in [0.15, 0.2) is 5.76 Å². The molecule has 1 N–H and O–H groups in total. The summed E-state index contributed by atoms with van der Waals surface area (Å²) in [7, 11) is 1.51. The van der Waals surface area contributed by atoms with E-state index in [9.17, 15) is 19.5 Å². The lowest BCUT2D eigenvalue weighted by Gasteiger charge is -2.51. The van der Waals surface area contributed by atoms with E-state index >= 15 is 0 Å². The second-order valence-electron chi connectivity index (χ2n) is 8.71. The number of aliphatic hydroxyl groups is 1. The highest BCUT2D eigenvalue weighted by atomic mass is 16.6. The first-order valence-corrected chi connectivity index (χ1v) is 9.57. The van der Waals surface area contributed by atoms with Gasteiger partial charge in [-0.25, -0.2) is 4.79 Å². The van der Waals surface area contributed by atoms with Crippen molar-refractivity contribution in [2.75, 3.05) is 13.7 Å². The molecule has 1 aliphatic heterocycles. The Labute approximate surface area is 161 Å². The van der Waals surface area contributed by atoms with E-state index in [2.05, 4.69) is 0 Å². The van der Waals surface area contributed by atoms with Crippen LogP contribution in [0.4, 0.5) is 0 Å². The number of hydrogen-bond donors (Lipinski definition) is 1. The number of Topliss-reactive ketones (excluding diaryl/α,β-unsaturated/α-hetero) is 2. The van der Waals surface area contributed by atoms with E-state index in [4.69, 9.17) is 13.9 Å². The van der Waals surface area contributed by atoms with Gasteiger partial charge in [0.25, 0.3) is 0 Å². The van der Waals surface area contributed by atoms with Crippen molar-refractivity contribution in [3.63, 3.8) is 0 Å². The van der Waals surface area contributed by atoms with E-state index in [1.54, 1.807) is 0 Å². The summed E-state index contributed by atoms with van der Waals surface area (Å²) in [5.41, 5.74) is -0.00741. The fraction of sp³-hybridized carbons (Fsp3) is 0.571. The van der Waals surface area contributed by atoms with Crippen molar-refractivity contribution >= 4 is 17.5 Å². The molecule has 1 fully saturated rings. The number of allylic oxidation sites excluding steroid dienone is 1. The minimum Gasteiger partial charge on any atom is -0.460 e. The highest BCUT2D eigenvalue weighted by molar-refractivity contribution is 6.14. The lowest BCUT2D eigenvalue weighted by molar-refractivity contribution is -0.128. The first-order chi connectivity index (χ1) is 13.2. The van der Waals surface area contributed by atoms with Gasteiger partial charge in [-0.05, 0) is 25.3 Å². The molecular weight excluding hydrogens is 364 g/mol. The maximum atomic E-state index is 13.4. The van der Waals surface area contributed by atoms with Crippen LogP contribution >= 0.6 is 0 Å². The number of ether oxygens (including phenoxy) is 2.